The smallest absolute Gasteiger partial charge is 0.166 e. The second kappa shape index (κ2) is 5.65. The minimum Gasteiger partial charge on any atom is -0.493 e. The van der Waals surface area contributed by atoms with E-state index in [4.69, 9.17) is 15.2 Å². The van der Waals surface area contributed by atoms with E-state index in [0.717, 1.165) is 10.6 Å². The molecule has 0 saturated heterocycles. The van der Waals surface area contributed by atoms with Crippen LogP contribution in [0, 0.1) is 0 Å². The van der Waals surface area contributed by atoms with Crippen molar-refractivity contribution in [2.75, 3.05) is 7.11 Å². The SMILES string of the molecule is COc1cccc(CN)c1OCc1nccs1. The Labute approximate surface area is 104 Å². The number of para-hydroxylation sites is 1. The van der Waals surface area contributed by atoms with Crippen LogP contribution < -0.4 is 15.2 Å². The fourth-order valence-electron chi connectivity index (χ4n) is 1.50. The van der Waals surface area contributed by atoms with Gasteiger partial charge in [0.25, 0.3) is 0 Å². The summed E-state index contributed by atoms with van der Waals surface area (Å²) in [5.41, 5.74) is 6.61. The lowest BCUT2D eigenvalue weighted by molar-refractivity contribution is 0.281. The summed E-state index contributed by atoms with van der Waals surface area (Å²) in [6, 6.07) is 5.69. The van der Waals surface area contributed by atoms with Gasteiger partial charge in [0.2, 0.25) is 0 Å². The predicted molar refractivity (Wildman–Crippen MR) is 67.3 cm³/mol. The zero-order valence-electron chi connectivity index (χ0n) is 9.55. The van der Waals surface area contributed by atoms with Crippen LogP contribution in [0.1, 0.15) is 10.6 Å². The topological polar surface area (TPSA) is 57.4 Å². The Balaban J connectivity index is 2.18. The average Bonchev–Trinajstić information content (AvgIpc) is 2.88. The number of hydrogen-bond acceptors (Lipinski definition) is 5. The largest absolute Gasteiger partial charge is 0.493 e. The van der Waals surface area contributed by atoms with Gasteiger partial charge in [0.1, 0.15) is 11.6 Å². The molecule has 0 atom stereocenters. The first-order valence-corrected chi connectivity index (χ1v) is 6.10. The molecule has 17 heavy (non-hydrogen) atoms. The number of ether oxygens (including phenoxy) is 2. The van der Waals surface area contributed by atoms with Gasteiger partial charge >= 0.3 is 0 Å². The summed E-state index contributed by atoms with van der Waals surface area (Å²) in [4.78, 5) is 4.16. The third kappa shape index (κ3) is 2.75. The van der Waals surface area contributed by atoms with E-state index in [1.54, 1.807) is 24.6 Å². The van der Waals surface area contributed by atoms with E-state index in [-0.39, 0.29) is 0 Å². The Morgan fingerprint density at radius 1 is 1.41 bits per heavy atom. The van der Waals surface area contributed by atoms with Crippen molar-refractivity contribution in [2.24, 2.45) is 5.73 Å². The molecule has 0 amide bonds. The van der Waals surface area contributed by atoms with Gasteiger partial charge < -0.3 is 15.2 Å². The molecule has 0 saturated carbocycles. The summed E-state index contributed by atoms with van der Waals surface area (Å²) in [5, 5.41) is 2.85. The van der Waals surface area contributed by atoms with Crippen molar-refractivity contribution in [3.63, 3.8) is 0 Å². The zero-order valence-corrected chi connectivity index (χ0v) is 10.4. The van der Waals surface area contributed by atoms with Crippen LogP contribution in [0.4, 0.5) is 0 Å². The molecule has 0 aliphatic heterocycles. The molecular weight excluding hydrogens is 236 g/mol. The molecule has 0 aliphatic carbocycles. The second-order valence-corrected chi connectivity index (χ2v) is 4.35. The Morgan fingerprint density at radius 2 is 2.29 bits per heavy atom. The third-order valence-electron chi connectivity index (χ3n) is 2.32. The van der Waals surface area contributed by atoms with Crippen molar-refractivity contribution in [1.29, 1.82) is 0 Å². The molecule has 4 nitrogen and oxygen atoms in total. The van der Waals surface area contributed by atoms with Gasteiger partial charge in [-0.1, -0.05) is 12.1 Å². The van der Waals surface area contributed by atoms with Crippen LogP contribution in [-0.2, 0) is 13.2 Å². The molecule has 5 heteroatoms. The first-order chi connectivity index (χ1) is 8.35. The van der Waals surface area contributed by atoms with Crippen LogP contribution in [0.15, 0.2) is 29.8 Å². The number of nitrogens with zero attached hydrogens (tertiary/aromatic N) is 1. The second-order valence-electron chi connectivity index (χ2n) is 3.37. The highest BCUT2D eigenvalue weighted by Gasteiger charge is 2.10. The first-order valence-electron chi connectivity index (χ1n) is 5.22. The van der Waals surface area contributed by atoms with Crippen LogP contribution in [0.25, 0.3) is 0 Å². The molecule has 2 rings (SSSR count). The summed E-state index contributed by atoms with van der Waals surface area (Å²) in [5.74, 6) is 1.40. The normalized spacial score (nSPS) is 10.2. The number of aromatic nitrogens is 1. The lowest BCUT2D eigenvalue weighted by Gasteiger charge is -2.13. The minimum absolute atomic E-state index is 0.421. The predicted octanol–water partition coefficient (Wildman–Crippen LogP) is 2.19. The van der Waals surface area contributed by atoms with Gasteiger partial charge in [-0.15, -0.1) is 11.3 Å². The highest BCUT2D eigenvalue weighted by molar-refractivity contribution is 7.09. The van der Waals surface area contributed by atoms with Crippen molar-refractivity contribution in [2.45, 2.75) is 13.2 Å². The molecule has 1 heterocycles. The number of methoxy groups -OCH3 is 1. The maximum atomic E-state index is 5.74. The van der Waals surface area contributed by atoms with Crippen LogP contribution in [-0.4, -0.2) is 12.1 Å². The molecule has 2 N–H and O–H groups in total. The van der Waals surface area contributed by atoms with E-state index in [2.05, 4.69) is 4.98 Å². The lowest BCUT2D eigenvalue weighted by Crippen LogP contribution is -2.04. The molecule has 1 aromatic heterocycles. The van der Waals surface area contributed by atoms with E-state index in [0.29, 0.717) is 24.7 Å². The molecule has 1 aromatic carbocycles. The van der Waals surface area contributed by atoms with E-state index in [9.17, 15) is 0 Å². The number of thiazole rings is 1. The van der Waals surface area contributed by atoms with Gasteiger partial charge in [0, 0.05) is 23.7 Å². The van der Waals surface area contributed by atoms with Gasteiger partial charge in [-0.2, -0.15) is 0 Å². The monoisotopic (exact) mass is 250 g/mol. The van der Waals surface area contributed by atoms with Gasteiger partial charge in [-0.3, -0.25) is 0 Å². The maximum Gasteiger partial charge on any atom is 0.166 e. The summed E-state index contributed by atoms with van der Waals surface area (Å²) < 4.78 is 11.0. The minimum atomic E-state index is 0.421. The Bertz CT molecular complexity index is 449. The number of hydrogen-bond donors (Lipinski definition) is 1. The fraction of sp³-hybridized carbons (Fsp3) is 0.250. The van der Waals surface area contributed by atoms with Crippen molar-refractivity contribution in [3.8, 4) is 11.5 Å². The van der Waals surface area contributed by atoms with Crippen LogP contribution in [0.5, 0.6) is 11.5 Å². The quantitative estimate of drug-likeness (QED) is 0.883. The Hall–Kier alpha value is -1.59. The number of nitrogens with two attached hydrogens (primary N) is 1. The van der Waals surface area contributed by atoms with Gasteiger partial charge in [-0.25, -0.2) is 4.98 Å². The van der Waals surface area contributed by atoms with Crippen LogP contribution in [0.3, 0.4) is 0 Å². The van der Waals surface area contributed by atoms with E-state index >= 15 is 0 Å². The van der Waals surface area contributed by atoms with E-state index < -0.39 is 0 Å². The van der Waals surface area contributed by atoms with Crippen LogP contribution >= 0.6 is 11.3 Å². The molecule has 0 fully saturated rings. The average molecular weight is 250 g/mol. The zero-order chi connectivity index (χ0) is 12.1. The molecule has 90 valence electrons. The van der Waals surface area contributed by atoms with Gasteiger partial charge in [0.05, 0.1) is 7.11 Å². The summed E-state index contributed by atoms with van der Waals surface area (Å²) in [6.45, 7) is 0.857. The number of benzene rings is 1. The first kappa shape index (κ1) is 11.9. The molecule has 2 aromatic rings. The molecule has 0 radical (unpaired) electrons. The van der Waals surface area contributed by atoms with Crippen molar-refractivity contribution in [1.82, 2.24) is 4.98 Å². The summed E-state index contributed by atoms with van der Waals surface area (Å²) >= 11 is 1.56. The number of rotatable bonds is 5. The summed E-state index contributed by atoms with van der Waals surface area (Å²) in [6.07, 6.45) is 1.76. The Morgan fingerprint density at radius 3 is 2.94 bits per heavy atom. The highest BCUT2D eigenvalue weighted by atomic mass is 32.1. The van der Waals surface area contributed by atoms with Crippen molar-refractivity contribution in [3.05, 3.63) is 40.3 Å². The molecule has 0 aliphatic rings. The molecule has 0 unspecified atom stereocenters. The Kier molecular flexibility index (Phi) is 3.95. The summed E-state index contributed by atoms with van der Waals surface area (Å²) in [7, 11) is 1.62. The standard InChI is InChI=1S/C12H14N2O2S/c1-15-10-4-2-3-9(7-13)12(10)16-8-11-14-5-6-17-11/h2-6H,7-8,13H2,1H3. The fourth-order valence-corrected chi connectivity index (χ4v) is 2.03. The maximum absolute atomic E-state index is 5.74. The van der Waals surface area contributed by atoms with Gasteiger partial charge in [0.15, 0.2) is 11.5 Å². The van der Waals surface area contributed by atoms with E-state index in [1.807, 2.05) is 23.6 Å². The molecular formula is C12H14N2O2S. The molecule has 0 spiro atoms. The van der Waals surface area contributed by atoms with Crippen molar-refractivity contribution < 1.29 is 9.47 Å². The highest BCUT2D eigenvalue weighted by Crippen LogP contribution is 2.31. The molecule has 0 bridgehead atoms. The van der Waals surface area contributed by atoms with E-state index in [1.165, 1.54) is 0 Å². The van der Waals surface area contributed by atoms with Gasteiger partial charge in [-0.05, 0) is 6.07 Å². The van der Waals surface area contributed by atoms with Crippen LogP contribution in [0.2, 0.25) is 0 Å². The van der Waals surface area contributed by atoms with Crippen molar-refractivity contribution >= 4 is 11.3 Å². The third-order valence-corrected chi connectivity index (χ3v) is 3.08. The lowest BCUT2D eigenvalue weighted by atomic mass is 10.2.